The van der Waals surface area contributed by atoms with Gasteiger partial charge in [-0.1, -0.05) is 115 Å². The third kappa shape index (κ3) is 4.48. The van der Waals surface area contributed by atoms with Gasteiger partial charge in [0.2, 0.25) is 0 Å². The summed E-state index contributed by atoms with van der Waals surface area (Å²) in [6.45, 7) is 0. The van der Waals surface area contributed by atoms with Crippen molar-refractivity contribution >= 4 is 54.4 Å². The van der Waals surface area contributed by atoms with Crippen LogP contribution in [0.4, 0.5) is 0 Å². The summed E-state index contributed by atoms with van der Waals surface area (Å²) < 4.78 is 6.74. The number of benzene rings is 7. The summed E-state index contributed by atoms with van der Waals surface area (Å²) in [4.78, 5) is 20.3. The molecule has 0 bridgehead atoms. The van der Waals surface area contributed by atoms with E-state index < -0.39 is 0 Å². The zero-order valence-electron chi connectivity index (χ0n) is 26.2. The maximum atomic E-state index is 6.74. The first-order valence-electron chi connectivity index (χ1n) is 16.3. The molecule has 10 rings (SSSR count). The number of hydrogen-bond acceptors (Lipinski definition) is 5. The minimum absolute atomic E-state index is 0.578. The molecule has 0 aliphatic carbocycles. The third-order valence-electron chi connectivity index (χ3n) is 9.35. The van der Waals surface area contributed by atoms with Gasteiger partial charge in [-0.3, -0.25) is 4.98 Å². The number of fused-ring (bicyclic) bond motifs is 7. The van der Waals surface area contributed by atoms with Gasteiger partial charge in [-0.2, -0.15) is 0 Å². The molecular weight excluding hydrogens is 601 g/mol. The van der Waals surface area contributed by atoms with Gasteiger partial charge in [0.25, 0.3) is 0 Å². The molecule has 228 valence electrons. The monoisotopic (exact) mass is 626 g/mol. The Hall–Kier alpha value is -6.72. The van der Waals surface area contributed by atoms with E-state index in [-0.39, 0.29) is 0 Å². The predicted octanol–water partition coefficient (Wildman–Crippen LogP) is 11.3. The molecule has 0 amide bonds. The average molecular weight is 627 g/mol. The number of nitrogens with zero attached hydrogens (tertiary/aromatic N) is 4. The van der Waals surface area contributed by atoms with Crippen molar-refractivity contribution < 1.29 is 4.42 Å². The number of aromatic nitrogens is 4. The van der Waals surface area contributed by atoms with Crippen LogP contribution in [-0.2, 0) is 0 Å². The minimum atomic E-state index is 0.578. The second-order valence-corrected chi connectivity index (χ2v) is 12.2. The SMILES string of the molecule is c1ccc(-c2nc(-c3cc4ccccc4c4ccccc34)nc(-c3ccc(-c4ccccc4)c4oc5cc6cccnc6cc5c34)n2)cc1. The first-order valence-corrected chi connectivity index (χ1v) is 16.3. The van der Waals surface area contributed by atoms with Crippen LogP contribution in [0.5, 0.6) is 0 Å². The highest BCUT2D eigenvalue weighted by Crippen LogP contribution is 2.43. The van der Waals surface area contributed by atoms with Crippen molar-refractivity contribution in [2.45, 2.75) is 0 Å². The molecule has 0 aliphatic heterocycles. The molecule has 7 aromatic carbocycles. The summed E-state index contributed by atoms with van der Waals surface area (Å²) >= 11 is 0. The van der Waals surface area contributed by atoms with E-state index in [0.717, 1.165) is 76.8 Å². The second-order valence-electron chi connectivity index (χ2n) is 12.2. The van der Waals surface area contributed by atoms with E-state index in [1.165, 1.54) is 5.39 Å². The predicted molar refractivity (Wildman–Crippen MR) is 199 cm³/mol. The Morgan fingerprint density at radius 2 is 1.04 bits per heavy atom. The van der Waals surface area contributed by atoms with E-state index in [4.69, 9.17) is 19.4 Å². The fourth-order valence-electron chi connectivity index (χ4n) is 7.05. The highest BCUT2D eigenvalue weighted by atomic mass is 16.3. The van der Waals surface area contributed by atoms with Crippen LogP contribution in [0.15, 0.2) is 162 Å². The quantitative estimate of drug-likeness (QED) is 0.182. The van der Waals surface area contributed by atoms with Crippen LogP contribution in [0.25, 0.3) is 99.7 Å². The molecule has 0 fully saturated rings. The maximum absolute atomic E-state index is 6.74. The molecule has 0 atom stereocenters. The van der Waals surface area contributed by atoms with Crippen molar-refractivity contribution in [3.8, 4) is 45.3 Å². The molecule has 0 spiro atoms. The van der Waals surface area contributed by atoms with Crippen molar-refractivity contribution in [3.63, 3.8) is 0 Å². The van der Waals surface area contributed by atoms with Crippen LogP contribution in [-0.4, -0.2) is 19.9 Å². The molecular formula is C44H26N4O. The van der Waals surface area contributed by atoms with Crippen LogP contribution in [0.2, 0.25) is 0 Å². The van der Waals surface area contributed by atoms with Gasteiger partial charge < -0.3 is 4.42 Å². The van der Waals surface area contributed by atoms with E-state index >= 15 is 0 Å². The summed E-state index contributed by atoms with van der Waals surface area (Å²) in [5.74, 6) is 1.80. The largest absolute Gasteiger partial charge is 0.455 e. The standard InChI is InChI=1S/C44H26N4O/c1-3-12-27(13-4-1)32-21-22-35(40-37-26-38-30(17-11-23-45-38)25-39(37)49-41(32)40)43-46-42(28-14-5-2-6-15-28)47-44(48-43)36-24-29-16-7-8-18-31(29)33-19-9-10-20-34(33)36/h1-26H. The third-order valence-corrected chi connectivity index (χ3v) is 9.35. The Morgan fingerprint density at radius 1 is 0.408 bits per heavy atom. The Morgan fingerprint density at radius 3 is 1.86 bits per heavy atom. The summed E-state index contributed by atoms with van der Waals surface area (Å²) in [5.41, 5.74) is 7.30. The fourth-order valence-corrected chi connectivity index (χ4v) is 7.05. The number of hydrogen-bond donors (Lipinski definition) is 0. The number of furan rings is 1. The van der Waals surface area contributed by atoms with Gasteiger partial charge in [0.05, 0.1) is 5.52 Å². The molecule has 0 aliphatic rings. The first kappa shape index (κ1) is 27.4. The highest BCUT2D eigenvalue weighted by Gasteiger charge is 2.22. The van der Waals surface area contributed by atoms with E-state index in [0.29, 0.717) is 17.5 Å². The highest BCUT2D eigenvalue weighted by molar-refractivity contribution is 6.18. The van der Waals surface area contributed by atoms with E-state index in [1.807, 2.05) is 60.8 Å². The molecule has 0 saturated heterocycles. The Labute approximate surface area is 281 Å². The van der Waals surface area contributed by atoms with Gasteiger partial charge in [0.1, 0.15) is 11.2 Å². The first-order chi connectivity index (χ1) is 24.3. The lowest BCUT2D eigenvalue weighted by Crippen LogP contribution is -2.01. The molecule has 5 heteroatoms. The van der Waals surface area contributed by atoms with Crippen molar-refractivity contribution in [2.75, 3.05) is 0 Å². The van der Waals surface area contributed by atoms with Crippen molar-refractivity contribution in [1.29, 1.82) is 0 Å². The molecule has 5 nitrogen and oxygen atoms in total. The Bertz CT molecular complexity index is 2880. The van der Waals surface area contributed by atoms with Gasteiger partial charge in [-0.25, -0.2) is 15.0 Å². The van der Waals surface area contributed by atoms with Gasteiger partial charge in [-0.15, -0.1) is 0 Å². The second kappa shape index (κ2) is 10.9. The molecule has 0 saturated carbocycles. The normalized spacial score (nSPS) is 11.7. The Kier molecular flexibility index (Phi) is 6.11. The molecule has 3 aromatic heterocycles. The molecule has 10 aromatic rings. The van der Waals surface area contributed by atoms with Crippen molar-refractivity contribution in [3.05, 3.63) is 158 Å². The average Bonchev–Trinajstić information content (AvgIpc) is 3.55. The molecule has 0 N–H and O–H groups in total. The topological polar surface area (TPSA) is 64.7 Å². The van der Waals surface area contributed by atoms with Gasteiger partial charge >= 0.3 is 0 Å². The molecule has 0 unspecified atom stereocenters. The Balaban J connectivity index is 1.31. The minimum Gasteiger partial charge on any atom is -0.455 e. The van der Waals surface area contributed by atoms with E-state index in [1.54, 1.807) is 0 Å². The van der Waals surface area contributed by atoms with E-state index in [9.17, 15) is 0 Å². The van der Waals surface area contributed by atoms with Crippen molar-refractivity contribution in [2.24, 2.45) is 0 Å². The summed E-state index contributed by atoms with van der Waals surface area (Å²) in [6.07, 6.45) is 1.82. The molecule has 0 radical (unpaired) electrons. The van der Waals surface area contributed by atoms with Crippen LogP contribution >= 0.6 is 0 Å². The van der Waals surface area contributed by atoms with Crippen molar-refractivity contribution in [1.82, 2.24) is 19.9 Å². The van der Waals surface area contributed by atoms with Gasteiger partial charge in [0.15, 0.2) is 17.5 Å². The van der Waals surface area contributed by atoms with Gasteiger partial charge in [0, 0.05) is 44.6 Å². The molecule has 3 heterocycles. The van der Waals surface area contributed by atoms with Crippen LogP contribution in [0.1, 0.15) is 0 Å². The lowest BCUT2D eigenvalue weighted by atomic mass is 9.96. The molecule has 49 heavy (non-hydrogen) atoms. The fraction of sp³-hybridized carbons (Fsp3) is 0. The zero-order chi connectivity index (χ0) is 32.3. The van der Waals surface area contributed by atoms with Crippen LogP contribution in [0, 0.1) is 0 Å². The number of rotatable bonds is 4. The lowest BCUT2D eigenvalue weighted by molar-refractivity contribution is 0.670. The van der Waals surface area contributed by atoms with Gasteiger partial charge in [-0.05, 0) is 63.5 Å². The lowest BCUT2D eigenvalue weighted by Gasteiger charge is -2.13. The maximum Gasteiger partial charge on any atom is 0.164 e. The zero-order valence-corrected chi connectivity index (χ0v) is 26.2. The summed E-state index contributed by atoms with van der Waals surface area (Å²) in [6, 6.07) is 52.0. The smallest absolute Gasteiger partial charge is 0.164 e. The van der Waals surface area contributed by atoms with E-state index in [2.05, 4.69) is 102 Å². The number of pyridine rings is 1. The van der Waals surface area contributed by atoms with Crippen LogP contribution < -0.4 is 0 Å². The summed E-state index contributed by atoms with van der Waals surface area (Å²) in [5, 5.41) is 7.52. The van der Waals surface area contributed by atoms with Crippen LogP contribution in [0.3, 0.4) is 0 Å². The summed E-state index contributed by atoms with van der Waals surface area (Å²) in [7, 11) is 0.